The van der Waals surface area contributed by atoms with Crippen LogP contribution >= 0.6 is 0 Å². The Morgan fingerprint density at radius 3 is 2.67 bits per heavy atom. The van der Waals surface area contributed by atoms with Crippen LogP contribution in [0.4, 0.5) is 4.39 Å². The maximum atomic E-state index is 13.0. The van der Waals surface area contributed by atoms with Gasteiger partial charge in [0.15, 0.2) is 0 Å². The van der Waals surface area contributed by atoms with Gasteiger partial charge in [-0.15, -0.1) is 0 Å². The Hall–Kier alpha value is -2.82. The fourth-order valence-corrected chi connectivity index (χ4v) is 2.24. The van der Waals surface area contributed by atoms with Crippen LogP contribution in [-0.2, 0) is 0 Å². The summed E-state index contributed by atoms with van der Waals surface area (Å²) in [5.74, 6) is -1.15. The predicted octanol–water partition coefficient (Wildman–Crippen LogP) is 2.84. The third-order valence-electron chi connectivity index (χ3n) is 3.26. The average Bonchev–Trinajstić information content (AvgIpc) is 2.46. The second-order valence-electron chi connectivity index (χ2n) is 4.81. The molecule has 2 heterocycles. The maximum Gasteiger partial charge on any atom is 0.267 e. The normalized spacial score (nSPS) is 10.8. The largest absolute Gasteiger partial charge is 0.364 e. The maximum absolute atomic E-state index is 13.0. The predicted molar refractivity (Wildman–Crippen MR) is 78.2 cm³/mol. The summed E-state index contributed by atoms with van der Waals surface area (Å²) in [4.78, 5) is 19.4. The molecule has 0 spiro atoms. The van der Waals surface area contributed by atoms with Gasteiger partial charge in [0.2, 0.25) is 5.95 Å². The van der Waals surface area contributed by atoms with Gasteiger partial charge in [-0.05, 0) is 42.3 Å². The van der Waals surface area contributed by atoms with Crippen molar-refractivity contribution in [1.82, 2.24) is 9.97 Å². The lowest BCUT2D eigenvalue weighted by atomic mass is 10.0. The molecule has 5 heteroatoms. The Balaban J connectivity index is 2.33. The topological polar surface area (TPSA) is 68.9 Å². The van der Waals surface area contributed by atoms with Crippen molar-refractivity contribution in [2.75, 3.05) is 0 Å². The van der Waals surface area contributed by atoms with Gasteiger partial charge in [-0.25, -0.2) is 9.97 Å². The molecule has 0 saturated heterocycles. The number of amides is 1. The van der Waals surface area contributed by atoms with Crippen LogP contribution < -0.4 is 5.73 Å². The first-order valence-electron chi connectivity index (χ1n) is 6.38. The SMILES string of the molecule is Cc1ccc2c(-c3ccc(F)nc3)cc(C(N)=O)nc2c1. The molecule has 2 N–H and O–H groups in total. The van der Waals surface area contributed by atoms with Gasteiger partial charge in [0.05, 0.1) is 5.52 Å². The monoisotopic (exact) mass is 281 g/mol. The highest BCUT2D eigenvalue weighted by Gasteiger charge is 2.11. The molecule has 0 bridgehead atoms. The number of aryl methyl sites for hydroxylation is 1. The van der Waals surface area contributed by atoms with E-state index in [9.17, 15) is 9.18 Å². The summed E-state index contributed by atoms with van der Waals surface area (Å²) in [5.41, 5.74) is 8.66. The average molecular weight is 281 g/mol. The number of pyridine rings is 2. The Morgan fingerprint density at radius 2 is 2.00 bits per heavy atom. The van der Waals surface area contributed by atoms with Gasteiger partial charge in [-0.2, -0.15) is 4.39 Å². The zero-order valence-electron chi connectivity index (χ0n) is 11.3. The van der Waals surface area contributed by atoms with E-state index in [4.69, 9.17) is 5.73 Å². The van der Waals surface area contributed by atoms with Crippen LogP contribution in [0.15, 0.2) is 42.6 Å². The molecule has 0 saturated carbocycles. The van der Waals surface area contributed by atoms with E-state index in [2.05, 4.69) is 9.97 Å². The molecule has 0 radical (unpaired) electrons. The second-order valence-corrected chi connectivity index (χ2v) is 4.81. The minimum Gasteiger partial charge on any atom is -0.364 e. The molecule has 0 unspecified atom stereocenters. The molecule has 3 aromatic rings. The van der Waals surface area contributed by atoms with E-state index in [0.717, 1.165) is 16.5 Å². The van der Waals surface area contributed by atoms with Crippen molar-refractivity contribution in [3.8, 4) is 11.1 Å². The number of carbonyl (C=O) groups is 1. The highest BCUT2D eigenvalue weighted by molar-refractivity contribution is 6.00. The first kappa shape index (κ1) is 13.2. The molecule has 0 aliphatic rings. The van der Waals surface area contributed by atoms with E-state index in [-0.39, 0.29) is 5.69 Å². The number of hydrogen-bond donors (Lipinski definition) is 1. The molecular formula is C16H12FN3O. The lowest BCUT2D eigenvalue weighted by Crippen LogP contribution is -2.13. The zero-order chi connectivity index (χ0) is 15.0. The molecule has 0 fully saturated rings. The van der Waals surface area contributed by atoms with Gasteiger partial charge >= 0.3 is 0 Å². The highest BCUT2D eigenvalue weighted by Crippen LogP contribution is 2.28. The van der Waals surface area contributed by atoms with Crippen LogP contribution in [0.1, 0.15) is 16.1 Å². The van der Waals surface area contributed by atoms with E-state index >= 15 is 0 Å². The first-order chi connectivity index (χ1) is 10.0. The molecule has 0 aliphatic heterocycles. The van der Waals surface area contributed by atoms with E-state index in [1.54, 1.807) is 12.1 Å². The molecular weight excluding hydrogens is 269 g/mol. The summed E-state index contributed by atoms with van der Waals surface area (Å²) < 4.78 is 13.0. The zero-order valence-corrected chi connectivity index (χ0v) is 11.3. The minimum atomic E-state index is -0.602. The summed E-state index contributed by atoms with van der Waals surface area (Å²) in [5, 5.41) is 0.860. The van der Waals surface area contributed by atoms with Gasteiger partial charge in [-0.3, -0.25) is 4.79 Å². The number of aromatic nitrogens is 2. The van der Waals surface area contributed by atoms with Crippen LogP contribution in [0.25, 0.3) is 22.0 Å². The number of fused-ring (bicyclic) bond motifs is 1. The van der Waals surface area contributed by atoms with E-state index in [1.807, 2.05) is 25.1 Å². The minimum absolute atomic E-state index is 0.174. The molecule has 104 valence electrons. The summed E-state index contributed by atoms with van der Waals surface area (Å²) in [6.07, 6.45) is 1.43. The summed E-state index contributed by atoms with van der Waals surface area (Å²) in [6, 6.07) is 10.2. The van der Waals surface area contributed by atoms with Gasteiger partial charge in [0.25, 0.3) is 5.91 Å². The van der Waals surface area contributed by atoms with Gasteiger partial charge in [-0.1, -0.05) is 12.1 Å². The van der Waals surface area contributed by atoms with Crippen molar-refractivity contribution < 1.29 is 9.18 Å². The Bertz CT molecular complexity index is 844. The fraction of sp³-hybridized carbons (Fsp3) is 0.0625. The third kappa shape index (κ3) is 2.45. The number of carbonyl (C=O) groups excluding carboxylic acids is 1. The molecule has 4 nitrogen and oxygen atoms in total. The second kappa shape index (κ2) is 4.94. The van der Waals surface area contributed by atoms with E-state index < -0.39 is 11.9 Å². The molecule has 2 aromatic heterocycles. The Labute approximate surface area is 120 Å². The molecule has 1 aromatic carbocycles. The van der Waals surface area contributed by atoms with Crippen molar-refractivity contribution in [3.05, 3.63) is 59.8 Å². The van der Waals surface area contributed by atoms with E-state index in [0.29, 0.717) is 11.1 Å². The van der Waals surface area contributed by atoms with Crippen molar-refractivity contribution in [1.29, 1.82) is 0 Å². The summed E-state index contributed by atoms with van der Waals surface area (Å²) >= 11 is 0. The summed E-state index contributed by atoms with van der Waals surface area (Å²) in [6.45, 7) is 1.94. The van der Waals surface area contributed by atoms with Crippen LogP contribution in [0.3, 0.4) is 0 Å². The van der Waals surface area contributed by atoms with E-state index in [1.165, 1.54) is 12.3 Å². The van der Waals surface area contributed by atoms with Crippen molar-refractivity contribution >= 4 is 16.8 Å². The van der Waals surface area contributed by atoms with Crippen LogP contribution in [-0.4, -0.2) is 15.9 Å². The smallest absolute Gasteiger partial charge is 0.267 e. The first-order valence-corrected chi connectivity index (χ1v) is 6.38. The number of hydrogen-bond acceptors (Lipinski definition) is 3. The van der Waals surface area contributed by atoms with Crippen LogP contribution in [0, 0.1) is 12.9 Å². The molecule has 1 amide bonds. The molecule has 0 atom stereocenters. The lowest BCUT2D eigenvalue weighted by molar-refractivity contribution is 0.0996. The number of halogens is 1. The Morgan fingerprint density at radius 1 is 1.19 bits per heavy atom. The quantitative estimate of drug-likeness (QED) is 0.734. The van der Waals surface area contributed by atoms with Gasteiger partial charge in [0, 0.05) is 17.1 Å². The number of benzene rings is 1. The summed E-state index contributed by atoms with van der Waals surface area (Å²) in [7, 11) is 0. The van der Waals surface area contributed by atoms with Crippen molar-refractivity contribution in [3.63, 3.8) is 0 Å². The molecule has 21 heavy (non-hydrogen) atoms. The van der Waals surface area contributed by atoms with Crippen molar-refractivity contribution in [2.45, 2.75) is 6.92 Å². The number of nitrogens with two attached hydrogens (primary N) is 1. The standard InChI is InChI=1S/C16H12FN3O/c1-9-2-4-11-12(10-3-5-15(17)19-8-10)7-14(16(18)21)20-13(11)6-9/h2-8H,1H3,(H2,18,21). The fourth-order valence-electron chi connectivity index (χ4n) is 2.24. The van der Waals surface area contributed by atoms with Crippen LogP contribution in [0.2, 0.25) is 0 Å². The number of nitrogens with zero attached hydrogens (tertiary/aromatic N) is 2. The van der Waals surface area contributed by atoms with Gasteiger partial charge in [0.1, 0.15) is 5.69 Å². The molecule has 0 aliphatic carbocycles. The highest BCUT2D eigenvalue weighted by atomic mass is 19.1. The lowest BCUT2D eigenvalue weighted by Gasteiger charge is -2.09. The third-order valence-corrected chi connectivity index (χ3v) is 3.26. The number of rotatable bonds is 2. The Kier molecular flexibility index (Phi) is 3.10. The molecule has 3 rings (SSSR count). The number of primary amides is 1. The van der Waals surface area contributed by atoms with Gasteiger partial charge < -0.3 is 5.73 Å². The van der Waals surface area contributed by atoms with Crippen molar-refractivity contribution in [2.24, 2.45) is 5.73 Å². The van der Waals surface area contributed by atoms with Crippen LogP contribution in [0.5, 0.6) is 0 Å².